The number of hydrogen-bond donors (Lipinski definition) is 2. The van der Waals surface area contributed by atoms with Crippen LogP contribution in [0, 0.1) is 0 Å². The molecular weight excluding hydrogens is 418 g/mol. The van der Waals surface area contributed by atoms with Gasteiger partial charge in [-0.15, -0.1) is 0 Å². The van der Waals surface area contributed by atoms with E-state index >= 15 is 0 Å². The van der Waals surface area contributed by atoms with Crippen molar-refractivity contribution in [3.05, 3.63) is 95.1 Å². The first-order chi connectivity index (χ1) is 16.1. The second-order valence-corrected chi connectivity index (χ2v) is 7.54. The average molecular weight is 448 g/mol. The molecule has 0 fully saturated rings. The highest BCUT2D eigenvalue weighted by molar-refractivity contribution is 5.89. The molecule has 0 saturated heterocycles. The van der Waals surface area contributed by atoms with E-state index in [1.807, 2.05) is 55.5 Å². The molecule has 172 valence electrons. The Bertz CT molecular complexity index is 1060. The van der Waals surface area contributed by atoms with Crippen LogP contribution in [-0.2, 0) is 24.2 Å². The third-order valence-corrected chi connectivity index (χ3v) is 5.20. The van der Waals surface area contributed by atoms with Gasteiger partial charge in [0.2, 0.25) is 5.91 Å². The minimum Gasteiger partial charge on any atom is -0.494 e. The number of para-hydroxylation sites is 1. The number of aromatic carboxylic acids is 1. The molecule has 0 saturated carbocycles. The number of rotatable bonds is 12. The van der Waals surface area contributed by atoms with E-state index in [0.717, 1.165) is 23.3 Å². The first-order valence-electron chi connectivity index (χ1n) is 11.1. The Morgan fingerprint density at radius 3 is 2.27 bits per heavy atom. The Morgan fingerprint density at radius 2 is 1.55 bits per heavy atom. The lowest BCUT2D eigenvalue weighted by molar-refractivity contribution is -0.121. The summed E-state index contributed by atoms with van der Waals surface area (Å²) in [5.41, 5.74) is 2.97. The fraction of sp³-hybridized carbons (Fsp3) is 0.259. The first kappa shape index (κ1) is 23.9. The number of carbonyl (C=O) groups is 2. The Kier molecular flexibility index (Phi) is 8.88. The van der Waals surface area contributed by atoms with E-state index in [1.165, 1.54) is 0 Å². The van der Waals surface area contributed by atoms with Gasteiger partial charge < -0.3 is 19.9 Å². The highest BCUT2D eigenvalue weighted by atomic mass is 16.5. The summed E-state index contributed by atoms with van der Waals surface area (Å²) in [4.78, 5) is 23.5. The monoisotopic (exact) mass is 447 g/mol. The molecule has 0 radical (unpaired) electrons. The lowest BCUT2D eigenvalue weighted by Crippen LogP contribution is -2.26. The van der Waals surface area contributed by atoms with Gasteiger partial charge >= 0.3 is 5.97 Å². The fourth-order valence-corrected chi connectivity index (χ4v) is 3.46. The third-order valence-electron chi connectivity index (χ3n) is 5.20. The maximum Gasteiger partial charge on any atom is 0.336 e. The van der Waals surface area contributed by atoms with Crippen LogP contribution in [0.15, 0.2) is 72.8 Å². The molecule has 0 aliphatic rings. The Labute approximate surface area is 194 Å². The molecule has 6 heteroatoms. The van der Waals surface area contributed by atoms with Crippen LogP contribution in [0.4, 0.5) is 0 Å². The fourth-order valence-electron chi connectivity index (χ4n) is 3.46. The summed E-state index contributed by atoms with van der Waals surface area (Å²) in [7, 11) is 0. The predicted molar refractivity (Wildman–Crippen MR) is 127 cm³/mol. The molecule has 1 amide bonds. The van der Waals surface area contributed by atoms with E-state index in [0.29, 0.717) is 37.3 Å². The zero-order valence-corrected chi connectivity index (χ0v) is 18.8. The van der Waals surface area contributed by atoms with Crippen LogP contribution in [0.3, 0.4) is 0 Å². The van der Waals surface area contributed by atoms with Crippen LogP contribution < -0.4 is 14.8 Å². The zero-order valence-electron chi connectivity index (χ0n) is 18.8. The highest BCUT2D eigenvalue weighted by Gasteiger charge is 2.10. The van der Waals surface area contributed by atoms with Crippen LogP contribution in [0.5, 0.6) is 11.5 Å². The maximum atomic E-state index is 12.2. The quantitative estimate of drug-likeness (QED) is 0.422. The van der Waals surface area contributed by atoms with Gasteiger partial charge in [0.1, 0.15) is 18.1 Å². The number of ether oxygens (including phenoxy) is 2. The SMILES string of the molecule is CCOc1ccccc1CCNC(=O)CCc1ccc(OCc2ccccc2C(=O)O)cc1. The molecule has 0 bridgehead atoms. The number of carbonyl (C=O) groups excluding carboxylic acids is 1. The minimum atomic E-state index is -0.971. The van der Waals surface area contributed by atoms with Crippen molar-refractivity contribution >= 4 is 11.9 Å². The standard InChI is InChI=1S/C27H29NO5/c1-2-32-25-10-6-4-7-21(25)17-18-28-26(29)16-13-20-11-14-23(15-12-20)33-19-22-8-3-5-9-24(22)27(30)31/h3-12,14-15H,2,13,16-19H2,1H3,(H,28,29)(H,30,31). The Hall–Kier alpha value is -3.80. The predicted octanol–water partition coefficient (Wildman–Crippen LogP) is 4.65. The smallest absolute Gasteiger partial charge is 0.336 e. The summed E-state index contributed by atoms with van der Waals surface area (Å²) < 4.78 is 11.4. The topological polar surface area (TPSA) is 84.9 Å². The van der Waals surface area contributed by atoms with Crippen molar-refractivity contribution in [2.24, 2.45) is 0 Å². The second-order valence-electron chi connectivity index (χ2n) is 7.54. The van der Waals surface area contributed by atoms with Crippen molar-refractivity contribution in [3.8, 4) is 11.5 Å². The molecule has 33 heavy (non-hydrogen) atoms. The summed E-state index contributed by atoms with van der Waals surface area (Å²) in [5, 5.41) is 12.2. The van der Waals surface area contributed by atoms with Crippen molar-refractivity contribution in [1.82, 2.24) is 5.32 Å². The van der Waals surface area contributed by atoms with Gasteiger partial charge in [-0.1, -0.05) is 48.5 Å². The van der Waals surface area contributed by atoms with Crippen molar-refractivity contribution in [1.29, 1.82) is 0 Å². The Balaban J connectivity index is 1.41. The van der Waals surface area contributed by atoms with Gasteiger partial charge in [-0.25, -0.2) is 4.79 Å². The summed E-state index contributed by atoms with van der Waals surface area (Å²) in [6, 6.07) is 22.2. The molecule has 3 aromatic carbocycles. The molecule has 0 aromatic heterocycles. The van der Waals surface area contributed by atoms with Crippen LogP contribution >= 0.6 is 0 Å². The number of aryl methyl sites for hydroxylation is 1. The molecule has 0 atom stereocenters. The number of nitrogens with one attached hydrogen (secondary N) is 1. The van der Waals surface area contributed by atoms with E-state index in [9.17, 15) is 14.7 Å². The van der Waals surface area contributed by atoms with Crippen molar-refractivity contribution in [3.63, 3.8) is 0 Å². The number of amides is 1. The summed E-state index contributed by atoms with van der Waals surface area (Å²) in [6.45, 7) is 3.31. The van der Waals surface area contributed by atoms with Crippen molar-refractivity contribution < 1.29 is 24.2 Å². The van der Waals surface area contributed by atoms with E-state index in [2.05, 4.69) is 5.32 Å². The molecule has 3 rings (SSSR count). The number of carboxylic acids is 1. The van der Waals surface area contributed by atoms with Crippen LogP contribution in [0.25, 0.3) is 0 Å². The van der Waals surface area contributed by atoms with E-state index in [1.54, 1.807) is 24.3 Å². The minimum absolute atomic E-state index is 0.00879. The van der Waals surface area contributed by atoms with Gasteiger partial charge in [-0.05, 0) is 55.2 Å². The normalized spacial score (nSPS) is 10.5. The van der Waals surface area contributed by atoms with E-state index in [4.69, 9.17) is 9.47 Å². The molecule has 0 aliphatic carbocycles. The number of carboxylic acid groups (broad SMARTS) is 1. The van der Waals surface area contributed by atoms with Crippen LogP contribution in [0.1, 0.15) is 40.4 Å². The molecule has 0 heterocycles. The second kappa shape index (κ2) is 12.3. The average Bonchev–Trinajstić information content (AvgIpc) is 2.83. The van der Waals surface area contributed by atoms with Gasteiger partial charge in [-0.2, -0.15) is 0 Å². The van der Waals surface area contributed by atoms with Crippen molar-refractivity contribution in [2.75, 3.05) is 13.2 Å². The number of hydrogen-bond acceptors (Lipinski definition) is 4. The molecule has 0 unspecified atom stereocenters. The zero-order chi connectivity index (χ0) is 23.5. The molecule has 6 nitrogen and oxygen atoms in total. The van der Waals surface area contributed by atoms with E-state index in [-0.39, 0.29) is 18.1 Å². The van der Waals surface area contributed by atoms with Crippen LogP contribution in [0.2, 0.25) is 0 Å². The van der Waals surface area contributed by atoms with E-state index < -0.39 is 5.97 Å². The summed E-state index contributed by atoms with van der Waals surface area (Å²) in [5.74, 6) is 0.551. The molecule has 3 aromatic rings. The number of benzene rings is 3. The first-order valence-corrected chi connectivity index (χ1v) is 11.1. The van der Waals surface area contributed by atoms with Crippen LogP contribution in [-0.4, -0.2) is 30.1 Å². The van der Waals surface area contributed by atoms with Gasteiger partial charge in [0.25, 0.3) is 0 Å². The maximum absolute atomic E-state index is 12.2. The highest BCUT2D eigenvalue weighted by Crippen LogP contribution is 2.19. The third kappa shape index (κ3) is 7.38. The lowest BCUT2D eigenvalue weighted by atomic mass is 10.1. The van der Waals surface area contributed by atoms with Gasteiger partial charge in [0, 0.05) is 18.5 Å². The molecule has 0 aliphatic heterocycles. The molecular formula is C27H29NO5. The van der Waals surface area contributed by atoms with Gasteiger partial charge in [0.05, 0.1) is 12.2 Å². The Morgan fingerprint density at radius 1 is 0.848 bits per heavy atom. The lowest BCUT2D eigenvalue weighted by Gasteiger charge is -2.11. The summed E-state index contributed by atoms with van der Waals surface area (Å²) in [6.07, 6.45) is 1.75. The summed E-state index contributed by atoms with van der Waals surface area (Å²) >= 11 is 0. The van der Waals surface area contributed by atoms with Gasteiger partial charge in [0.15, 0.2) is 0 Å². The largest absolute Gasteiger partial charge is 0.494 e. The van der Waals surface area contributed by atoms with Crippen molar-refractivity contribution in [2.45, 2.75) is 32.8 Å². The van der Waals surface area contributed by atoms with Gasteiger partial charge in [-0.3, -0.25) is 4.79 Å². The molecule has 2 N–H and O–H groups in total. The molecule has 0 spiro atoms.